The molecule has 2 aromatic rings. The highest BCUT2D eigenvalue weighted by Gasteiger charge is 2.18. The first kappa shape index (κ1) is 14.9. The zero-order chi connectivity index (χ0) is 15.6. The van der Waals surface area contributed by atoms with Crippen molar-refractivity contribution in [3.05, 3.63) is 47.7 Å². The number of allylic oxidation sites excluding steroid dienone is 3. The van der Waals surface area contributed by atoms with E-state index in [4.69, 9.17) is 0 Å². The van der Waals surface area contributed by atoms with Gasteiger partial charge in [0.15, 0.2) is 0 Å². The Hall–Kier alpha value is -2.49. The average Bonchev–Trinajstić information content (AvgIpc) is 2.81. The molecule has 3 N–H and O–H groups in total. The SMILES string of the molecule is C=C(/C=C\C)c1c(-c2cc(CC)c(O)cc2O)n[nH]c1C. The van der Waals surface area contributed by atoms with Crippen LogP contribution in [0.15, 0.2) is 30.9 Å². The van der Waals surface area contributed by atoms with E-state index in [1.807, 2.05) is 32.9 Å². The third kappa shape index (κ3) is 2.70. The third-order valence-corrected chi connectivity index (χ3v) is 3.47. The van der Waals surface area contributed by atoms with Crippen LogP contribution in [0.4, 0.5) is 0 Å². The second-order valence-corrected chi connectivity index (χ2v) is 4.95. The van der Waals surface area contributed by atoms with E-state index in [0.29, 0.717) is 17.7 Å². The number of phenolic OH excluding ortho intramolecular Hbond substituents is 2. The number of H-pyrrole nitrogens is 1. The molecule has 0 unspecified atom stereocenters. The zero-order valence-corrected chi connectivity index (χ0v) is 12.6. The predicted octanol–water partition coefficient (Wildman–Crippen LogP) is 3.95. The molecule has 1 aromatic carbocycles. The normalized spacial score (nSPS) is 11.2. The summed E-state index contributed by atoms with van der Waals surface area (Å²) < 4.78 is 0. The molecule has 0 amide bonds. The van der Waals surface area contributed by atoms with Crippen LogP contribution in [0.2, 0.25) is 0 Å². The van der Waals surface area contributed by atoms with E-state index in [-0.39, 0.29) is 11.5 Å². The molecule has 1 heterocycles. The summed E-state index contributed by atoms with van der Waals surface area (Å²) in [6.45, 7) is 9.84. The van der Waals surface area contributed by atoms with E-state index in [1.54, 1.807) is 6.07 Å². The minimum absolute atomic E-state index is 0.00530. The summed E-state index contributed by atoms with van der Waals surface area (Å²) in [5.41, 5.74) is 4.59. The molecule has 4 nitrogen and oxygen atoms in total. The van der Waals surface area contributed by atoms with E-state index in [1.165, 1.54) is 6.07 Å². The number of rotatable bonds is 4. The number of nitrogens with one attached hydrogen (secondary N) is 1. The van der Waals surface area contributed by atoms with Crippen LogP contribution >= 0.6 is 0 Å². The molecule has 21 heavy (non-hydrogen) atoms. The number of aryl methyl sites for hydroxylation is 2. The molecule has 0 saturated carbocycles. The lowest BCUT2D eigenvalue weighted by atomic mass is 9.97. The van der Waals surface area contributed by atoms with E-state index < -0.39 is 0 Å². The Labute approximate surface area is 124 Å². The molecule has 0 atom stereocenters. The van der Waals surface area contributed by atoms with Crippen molar-refractivity contribution in [1.82, 2.24) is 10.2 Å². The van der Waals surface area contributed by atoms with E-state index in [9.17, 15) is 10.2 Å². The molecule has 0 saturated heterocycles. The lowest BCUT2D eigenvalue weighted by Gasteiger charge is -2.09. The van der Waals surface area contributed by atoms with Gasteiger partial charge in [-0.15, -0.1) is 0 Å². The van der Waals surface area contributed by atoms with Crippen molar-refractivity contribution < 1.29 is 10.2 Å². The zero-order valence-electron chi connectivity index (χ0n) is 12.6. The smallest absolute Gasteiger partial charge is 0.128 e. The molecule has 0 aliphatic carbocycles. The molecular weight excluding hydrogens is 264 g/mol. The Morgan fingerprint density at radius 3 is 2.67 bits per heavy atom. The number of phenols is 2. The first-order valence-electron chi connectivity index (χ1n) is 6.91. The molecular formula is C17H20N2O2. The highest BCUT2D eigenvalue weighted by molar-refractivity contribution is 5.86. The van der Waals surface area contributed by atoms with Crippen molar-refractivity contribution in [1.29, 1.82) is 0 Å². The molecule has 0 aliphatic rings. The van der Waals surface area contributed by atoms with Crippen molar-refractivity contribution in [3.8, 4) is 22.8 Å². The van der Waals surface area contributed by atoms with E-state index >= 15 is 0 Å². The van der Waals surface area contributed by atoms with E-state index in [0.717, 1.165) is 22.4 Å². The molecule has 4 heteroatoms. The molecule has 0 radical (unpaired) electrons. The number of aromatic nitrogens is 2. The summed E-state index contributed by atoms with van der Waals surface area (Å²) in [7, 11) is 0. The summed E-state index contributed by atoms with van der Waals surface area (Å²) >= 11 is 0. The Kier molecular flexibility index (Phi) is 4.17. The Balaban J connectivity index is 2.66. The van der Waals surface area contributed by atoms with Gasteiger partial charge in [-0.1, -0.05) is 25.7 Å². The molecule has 0 fully saturated rings. The Morgan fingerprint density at radius 2 is 2.05 bits per heavy atom. The highest BCUT2D eigenvalue weighted by Crippen LogP contribution is 2.38. The van der Waals surface area contributed by atoms with Gasteiger partial charge in [-0.05, 0) is 37.5 Å². The lowest BCUT2D eigenvalue weighted by Crippen LogP contribution is -1.90. The molecule has 110 valence electrons. The number of hydrogen-bond donors (Lipinski definition) is 3. The summed E-state index contributed by atoms with van der Waals surface area (Å²) in [4.78, 5) is 0. The van der Waals surface area contributed by atoms with Crippen LogP contribution in [0.5, 0.6) is 11.5 Å². The van der Waals surface area contributed by atoms with Gasteiger partial charge in [0.25, 0.3) is 0 Å². The van der Waals surface area contributed by atoms with E-state index in [2.05, 4.69) is 16.8 Å². The average molecular weight is 284 g/mol. The van der Waals surface area contributed by atoms with Crippen molar-refractivity contribution in [2.24, 2.45) is 0 Å². The van der Waals surface area contributed by atoms with Crippen LogP contribution in [0.25, 0.3) is 16.8 Å². The third-order valence-electron chi connectivity index (χ3n) is 3.47. The molecule has 1 aromatic heterocycles. The van der Waals surface area contributed by atoms with Gasteiger partial charge in [0, 0.05) is 22.9 Å². The first-order chi connectivity index (χ1) is 9.99. The van der Waals surface area contributed by atoms with Gasteiger partial charge in [-0.25, -0.2) is 0 Å². The maximum absolute atomic E-state index is 10.1. The standard InChI is InChI=1S/C17H20N2O2/c1-5-7-10(3)16-11(4)18-19-17(16)13-8-12(6-2)14(20)9-15(13)21/h5,7-9,20-21H,3,6H2,1-2,4H3,(H,18,19)/b7-5-. The Bertz CT molecular complexity index is 712. The minimum Gasteiger partial charge on any atom is -0.508 e. The van der Waals surface area contributed by atoms with Crippen LogP contribution in [0.1, 0.15) is 30.7 Å². The maximum Gasteiger partial charge on any atom is 0.128 e. The number of aromatic amines is 1. The van der Waals surface area contributed by atoms with Crippen molar-refractivity contribution in [3.63, 3.8) is 0 Å². The summed E-state index contributed by atoms with van der Waals surface area (Å²) in [6.07, 6.45) is 4.49. The van der Waals surface area contributed by atoms with Crippen LogP contribution < -0.4 is 0 Å². The van der Waals surface area contributed by atoms with Crippen LogP contribution in [0, 0.1) is 6.92 Å². The molecule has 2 rings (SSSR count). The topological polar surface area (TPSA) is 69.1 Å². The molecule has 0 aliphatic heterocycles. The minimum atomic E-state index is 0.00530. The highest BCUT2D eigenvalue weighted by atomic mass is 16.3. The predicted molar refractivity (Wildman–Crippen MR) is 85.3 cm³/mol. The fraction of sp³-hybridized carbons (Fsp3) is 0.235. The van der Waals surface area contributed by atoms with Crippen LogP contribution in [0.3, 0.4) is 0 Å². The van der Waals surface area contributed by atoms with Crippen molar-refractivity contribution in [2.45, 2.75) is 27.2 Å². The molecule has 0 bridgehead atoms. The van der Waals surface area contributed by atoms with Crippen LogP contribution in [-0.4, -0.2) is 20.4 Å². The number of benzene rings is 1. The van der Waals surface area contributed by atoms with Gasteiger partial charge in [-0.3, -0.25) is 5.10 Å². The summed E-state index contributed by atoms with van der Waals surface area (Å²) in [5.74, 6) is 0.102. The second-order valence-electron chi connectivity index (χ2n) is 4.95. The quantitative estimate of drug-likeness (QED) is 0.745. The van der Waals surface area contributed by atoms with Gasteiger partial charge in [0.05, 0.1) is 0 Å². The van der Waals surface area contributed by atoms with Crippen molar-refractivity contribution in [2.75, 3.05) is 0 Å². The fourth-order valence-corrected chi connectivity index (χ4v) is 2.40. The maximum atomic E-state index is 10.1. The number of nitrogens with zero attached hydrogens (tertiary/aromatic N) is 1. The first-order valence-corrected chi connectivity index (χ1v) is 6.91. The monoisotopic (exact) mass is 284 g/mol. The van der Waals surface area contributed by atoms with Crippen molar-refractivity contribution >= 4 is 5.57 Å². The largest absolute Gasteiger partial charge is 0.508 e. The Morgan fingerprint density at radius 1 is 1.33 bits per heavy atom. The lowest BCUT2D eigenvalue weighted by molar-refractivity contribution is 0.447. The summed E-state index contributed by atoms with van der Waals surface area (Å²) in [5, 5.41) is 27.2. The van der Waals surface area contributed by atoms with Gasteiger partial charge in [0.2, 0.25) is 0 Å². The number of hydrogen-bond acceptors (Lipinski definition) is 3. The molecule has 0 spiro atoms. The number of aromatic hydroxyl groups is 2. The van der Waals surface area contributed by atoms with Gasteiger partial charge in [0.1, 0.15) is 17.2 Å². The van der Waals surface area contributed by atoms with Gasteiger partial charge in [-0.2, -0.15) is 5.10 Å². The summed E-state index contributed by atoms with van der Waals surface area (Å²) in [6, 6.07) is 3.13. The van der Waals surface area contributed by atoms with Gasteiger partial charge < -0.3 is 10.2 Å². The van der Waals surface area contributed by atoms with Crippen LogP contribution in [-0.2, 0) is 6.42 Å². The fourth-order valence-electron chi connectivity index (χ4n) is 2.40. The van der Waals surface area contributed by atoms with Gasteiger partial charge >= 0.3 is 0 Å². The second kappa shape index (κ2) is 5.87.